The zero-order chi connectivity index (χ0) is 8.20. The summed E-state index contributed by atoms with van der Waals surface area (Å²) in [6.07, 6.45) is 0. The maximum Gasteiger partial charge on any atom is 0.0462 e. The van der Waals surface area contributed by atoms with Crippen LogP contribution in [-0.2, 0) is 0 Å². The predicted molar refractivity (Wildman–Crippen MR) is 44.0 cm³/mol. The van der Waals surface area contributed by atoms with E-state index in [2.05, 4.69) is 26.1 Å². The standard InChI is InChI=1S/C8H19NO/c1-7(5-10)8(2,3)6-9-4/h7,9-10H,5-6H2,1-4H3. The van der Waals surface area contributed by atoms with Gasteiger partial charge in [-0.05, 0) is 18.4 Å². The highest BCUT2D eigenvalue weighted by atomic mass is 16.3. The van der Waals surface area contributed by atoms with Gasteiger partial charge in [-0.1, -0.05) is 20.8 Å². The van der Waals surface area contributed by atoms with Gasteiger partial charge in [-0.2, -0.15) is 0 Å². The number of hydrogen-bond acceptors (Lipinski definition) is 2. The first-order chi connectivity index (χ1) is 4.54. The van der Waals surface area contributed by atoms with Gasteiger partial charge in [0.05, 0.1) is 0 Å². The smallest absolute Gasteiger partial charge is 0.0462 e. The van der Waals surface area contributed by atoms with E-state index in [9.17, 15) is 0 Å². The average molecular weight is 145 g/mol. The highest BCUT2D eigenvalue weighted by molar-refractivity contribution is 4.76. The molecule has 0 aliphatic rings. The maximum atomic E-state index is 8.87. The molecule has 10 heavy (non-hydrogen) atoms. The molecule has 0 radical (unpaired) electrons. The van der Waals surface area contributed by atoms with Gasteiger partial charge in [-0.25, -0.2) is 0 Å². The zero-order valence-corrected chi connectivity index (χ0v) is 7.44. The number of rotatable bonds is 4. The molecule has 0 rings (SSSR count). The Bertz CT molecular complexity index is 91.3. The van der Waals surface area contributed by atoms with E-state index in [1.807, 2.05) is 7.05 Å². The monoisotopic (exact) mass is 145 g/mol. The molecule has 0 aromatic carbocycles. The molecule has 1 atom stereocenters. The summed E-state index contributed by atoms with van der Waals surface area (Å²) >= 11 is 0. The minimum Gasteiger partial charge on any atom is -0.396 e. The van der Waals surface area contributed by atoms with Crippen LogP contribution in [0.1, 0.15) is 20.8 Å². The fourth-order valence-corrected chi connectivity index (χ4v) is 0.877. The lowest BCUT2D eigenvalue weighted by Gasteiger charge is -2.30. The van der Waals surface area contributed by atoms with E-state index < -0.39 is 0 Å². The van der Waals surface area contributed by atoms with E-state index in [1.165, 1.54) is 0 Å². The molecule has 1 unspecified atom stereocenters. The molecule has 0 aromatic rings. The fraction of sp³-hybridized carbons (Fsp3) is 1.00. The Hall–Kier alpha value is -0.0800. The Morgan fingerprint density at radius 2 is 2.00 bits per heavy atom. The summed E-state index contributed by atoms with van der Waals surface area (Å²) in [5, 5.41) is 12.0. The molecule has 0 saturated heterocycles. The van der Waals surface area contributed by atoms with Crippen LogP contribution in [0.5, 0.6) is 0 Å². The van der Waals surface area contributed by atoms with Crippen LogP contribution in [0.15, 0.2) is 0 Å². The second-order valence-electron chi connectivity index (χ2n) is 3.60. The van der Waals surface area contributed by atoms with Crippen molar-refractivity contribution >= 4 is 0 Å². The molecule has 2 N–H and O–H groups in total. The highest BCUT2D eigenvalue weighted by Crippen LogP contribution is 2.24. The number of nitrogens with one attached hydrogen (secondary N) is 1. The molecule has 0 bridgehead atoms. The highest BCUT2D eigenvalue weighted by Gasteiger charge is 2.23. The van der Waals surface area contributed by atoms with Crippen molar-refractivity contribution in [2.75, 3.05) is 20.2 Å². The zero-order valence-electron chi connectivity index (χ0n) is 7.44. The molecule has 0 fully saturated rings. The molecule has 0 aliphatic carbocycles. The Morgan fingerprint density at radius 3 is 2.30 bits per heavy atom. The number of aliphatic hydroxyl groups is 1. The third-order valence-electron chi connectivity index (χ3n) is 2.24. The van der Waals surface area contributed by atoms with Crippen molar-refractivity contribution in [3.8, 4) is 0 Å². The van der Waals surface area contributed by atoms with Crippen LogP contribution in [0.4, 0.5) is 0 Å². The van der Waals surface area contributed by atoms with E-state index in [4.69, 9.17) is 5.11 Å². The molecular weight excluding hydrogens is 126 g/mol. The van der Waals surface area contributed by atoms with Crippen molar-refractivity contribution in [2.24, 2.45) is 11.3 Å². The molecule has 2 nitrogen and oxygen atoms in total. The fourth-order valence-electron chi connectivity index (χ4n) is 0.877. The van der Waals surface area contributed by atoms with E-state index in [1.54, 1.807) is 0 Å². The summed E-state index contributed by atoms with van der Waals surface area (Å²) in [4.78, 5) is 0. The molecule has 0 saturated carbocycles. The van der Waals surface area contributed by atoms with Crippen LogP contribution in [0.2, 0.25) is 0 Å². The first kappa shape index (κ1) is 9.92. The van der Waals surface area contributed by atoms with Crippen LogP contribution in [0.25, 0.3) is 0 Å². The van der Waals surface area contributed by atoms with Gasteiger partial charge >= 0.3 is 0 Å². The first-order valence-corrected chi connectivity index (χ1v) is 3.80. The van der Waals surface area contributed by atoms with Gasteiger partial charge in [0.1, 0.15) is 0 Å². The van der Waals surface area contributed by atoms with Gasteiger partial charge in [-0.3, -0.25) is 0 Å². The van der Waals surface area contributed by atoms with Gasteiger partial charge in [0.2, 0.25) is 0 Å². The van der Waals surface area contributed by atoms with E-state index in [0.717, 1.165) is 6.54 Å². The van der Waals surface area contributed by atoms with Crippen molar-refractivity contribution in [3.05, 3.63) is 0 Å². The van der Waals surface area contributed by atoms with Crippen LogP contribution >= 0.6 is 0 Å². The van der Waals surface area contributed by atoms with E-state index >= 15 is 0 Å². The second-order valence-corrected chi connectivity index (χ2v) is 3.60. The lowest BCUT2D eigenvalue weighted by Crippen LogP contribution is -2.34. The molecule has 62 valence electrons. The minimum absolute atomic E-state index is 0.198. The van der Waals surface area contributed by atoms with Crippen LogP contribution in [0.3, 0.4) is 0 Å². The Labute approximate surface area is 63.6 Å². The number of aliphatic hydroxyl groups excluding tert-OH is 1. The normalized spacial score (nSPS) is 15.3. The SMILES string of the molecule is CNCC(C)(C)C(C)CO. The van der Waals surface area contributed by atoms with Crippen molar-refractivity contribution in [1.29, 1.82) is 0 Å². The lowest BCUT2D eigenvalue weighted by molar-refractivity contribution is 0.131. The van der Waals surface area contributed by atoms with Crippen molar-refractivity contribution in [2.45, 2.75) is 20.8 Å². The Kier molecular flexibility index (Phi) is 3.91. The van der Waals surface area contributed by atoms with E-state index in [0.29, 0.717) is 5.92 Å². The summed E-state index contributed by atoms with van der Waals surface area (Å²) in [5.41, 5.74) is 0.198. The summed E-state index contributed by atoms with van der Waals surface area (Å²) in [6, 6.07) is 0. The quantitative estimate of drug-likeness (QED) is 0.615. The molecular formula is C8H19NO. The van der Waals surface area contributed by atoms with Gasteiger partial charge in [0, 0.05) is 13.2 Å². The van der Waals surface area contributed by atoms with Gasteiger partial charge in [0.25, 0.3) is 0 Å². The molecule has 0 aromatic heterocycles. The van der Waals surface area contributed by atoms with Gasteiger partial charge < -0.3 is 10.4 Å². The third-order valence-corrected chi connectivity index (χ3v) is 2.24. The van der Waals surface area contributed by atoms with Crippen molar-refractivity contribution in [1.82, 2.24) is 5.32 Å². The largest absolute Gasteiger partial charge is 0.396 e. The second kappa shape index (κ2) is 3.94. The summed E-state index contributed by atoms with van der Waals surface area (Å²) < 4.78 is 0. The van der Waals surface area contributed by atoms with Gasteiger partial charge in [-0.15, -0.1) is 0 Å². The average Bonchev–Trinajstić information content (AvgIpc) is 1.86. The van der Waals surface area contributed by atoms with Gasteiger partial charge in [0.15, 0.2) is 0 Å². The summed E-state index contributed by atoms with van der Waals surface area (Å²) in [5.74, 6) is 0.361. The van der Waals surface area contributed by atoms with Crippen LogP contribution in [0, 0.1) is 11.3 Å². The van der Waals surface area contributed by atoms with Crippen molar-refractivity contribution < 1.29 is 5.11 Å². The maximum absolute atomic E-state index is 8.87. The Balaban J connectivity index is 3.82. The topological polar surface area (TPSA) is 32.3 Å². The predicted octanol–water partition coefficient (Wildman–Crippen LogP) is 0.860. The summed E-state index contributed by atoms with van der Waals surface area (Å²) in [7, 11) is 1.94. The van der Waals surface area contributed by atoms with Crippen LogP contribution < -0.4 is 5.32 Å². The van der Waals surface area contributed by atoms with E-state index in [-0.39, 0.29) is 12.0 Å². The molecule has 0 amide bonds. The molecule has 2 heteroatoms. The number of hydrogen-bond donors (Lipinski definition) is 2. The third kappa shape index (κ3) is 2.67. The minimum atomic E-state index is 0.198. The molecule has 0 spiro atoms. The first-order valence-electron chi connectivity index (χ1n) is 3.80. The lowest BCUT2D eigenvalue weighted by atomic mass is 9.80. The molecule has 0 aliphatic heterocycles. The van der Waals surface area contributed by atoms with Crippen LogP contribution in [-0.4, -0.2) is 25.3 Å². The Morgan fingerprint density at radius 1 is 1.50 bits per heavy atom. The molecule has 0 heterocycles. The van der Waals surface area contributed by atoms with Crippen molar-refractivity contribution in [3.63, 3.8) is 0 Å². The summed E-state index contributed by atoms with van der Waals surface area (Å²) in [6.45, 7) is 7.61.